The molecule has 0 unspecified atom stereocenters. The van der Waals surface area contributed by atoms with Gasteiger partial charge in [-0.25, -0.2) is 4.79 Å². The number of nitrogens with one attached hydrogen (secondary N) is 1. The Labute approximate surface area is 108 Å². The molecule has 0 aromatic rings. The van der Waals surface area contributed by atoms with Crippen molar-refractivity contribution in [3.05, 3.63) is 0 Å². The van der Waals surface area contributed by atoms with Crippen LogP contribution >= 0.6 is 0 Å². The predicted molar refractivity (Wildman–Crippen MR) is 67.2 cm³/mol. The zero-order chi connectivity index (χ0) is 13.8. The summed E-state index contributed by atoms with van der Waals surface area (Å²) in [5.74, 6) is -1.28. The van der Waals surface area contributed by atoms with E-state index in [-0.39, 0.29) is 23.8 Å². The van der Waals surface area contributed by atoms with Gasteiger partial charge >= 0.3 is 5.97 Å². The van der Waals surface area contributed by atoms with Crippen LogP contribution in [0.1, 0.15) is 46.0 Å². The number of carbonyl (C=O) groups is 2. The van der Waals surface area contributed by atoms with E-state index in [0.717, 1.165) is 19.3 Å². The first-order chi connectivity index (χ1) is 8.44. The average molecular weight is 257 g/mol. The SMILES string of the molecule is CC[C@H](C)[C@H](NC(=O)CC1(OC)CCC1)C(=O)O. The Bertz CT molecular complexity index is 307. The molecule has 1 fully saturated rings. The molecule has 0 saturated heterocycles. The molecule has 1 rings (SSSR count). The molecule has 1 saturated carbocycles. The lowest BCUT2D eigenvalue weighted by molar-refractivity contribution is -0.146. The molecule has 5 heteroatoms. The summed E-state index contributed by atoms with van der Waals surface area (Å²) < 4.78 is 5.37. The van der Waals surface area contributed by atoms with E-state index in [0.29, 0.717) is 6.42 Å². The normalized spacial score (nSPS) is 20.6. The Morgan fingerprint density at radius 1 is 1.44 bits per heavy atom. The van der Waals surface area contributed by atoms with Crippen molar-refractivity contribution < 1.29 is 19.4 Å². The van der Waals surface area contributed by atoms with E-state index in [4.69, 9.17) is 9.84 Å². The quantitative estimate of drug-likeness (QED) is 0.725. The molecule has 18 heavy (non-hydrogen) atoms. The number of amides is 1. The van der Waals surface area contributed by atoms with Gasteiger partial charge in [0.15, 0.2) is 0 Å². The number of carboxylic acid groups (broad SMARTS) is 1. The van der Waals surface area contributed by atoms with Crippen LogP contribution < -0.4 is 5.32 Å². The fourth-order valence-corrected chi connectivity index (χ4v) is 2.22. The molecule has 2 atom stereocenters. The lowest BCUT2D eigenvalue weighted by Gasteiger charge is -2.40. The highest BCUT2D eigenvalue weighted by Crippen LogP contribution is 2.37. The smallest absolute Gasteiger partial charge is 0.326 e. The highest BCUT2D eigenvalue weighted by molar-refractivity contribution is 5.84. The minimum Gasteiger partial charge on any atom is -0.480 e. The second kappa shape index (κ2) is 6.18. The van der Waals surface area contributed by atoms with Gasteiger partial charge in [-0.2, -0.15) is 0 Å². The summed E-state index contributed by atoms with van der Waals surface area (Å²) >= 11 is 0. The third-order valence-corrected chi connectivity index (χ3v) is 3.98. The van der Waals surface area contributed by atoms with Crippen LogP contribution in [0, 0.1) is 5.92 Å². The van der Waals surface area contributed by atoms with Gasteiger partial charge in [0.2, 0.25) is 5.91 Å². The number of rotatable bonds is 7. The van der Waals surface area contributed by atoms with Crippen molar-refractivity contribution in [3.63, 3.8) is 0 Å². The van der Waals surface area contributed by atoms with Gasteiger partial charge in [-0.1, -0.05) is 20.3 Å². The number of aliphatic carboxylic acids is 1. The molecule has 1 aliphatic rings. The minimum absolute atomic E-state index is 0.0775. The molecule has 0 bridgehead atoms. The van der Waals surface area contributed by atoms with Crippen LogP contribution in [0.15, 0.2) is 0 Å². The van der Waals surface area contributed by atoms with Gasteiger partial charge in [0, 0.05) is 7.11 Å². The van der Waals surface area contributed by atoms with Crippen LogP contribution in [-0.4, -0.2) is 35.7 Å². The van der Waals surface area contributed by atoms with E-state index in [2.05, 4.69) is 5.32 Å². The largest absolute Gasteiger partial charge is 0.480 e. The van der Waals surface area contributed by atoms with Crippen molar-refractivity contribution in [2.75, 3.05) is 7.11 Å². The van der Waals surface area contributed by atoms with Crippen molar-refractivity contribution in [2.24, 2.45) is 5.92 Å². The molecule has 0 aliphatic heterocycles. The first kappa shape index (κ1) is 15.0. The maximum Gasteiger partial charge on any atom is 0.326 e. The van der Waals surface area contributed by atoms with Crippen molar-refractivity contribution in [1.82, 2.24) is 5.32 Å². The molecule has 0 heterocycles. The molecule has 5 nitrogen and oxygen atoms in total. The first-order valence-electron chi connectivity index (χ1n) is 6.51. The molecule has 0 radical (unpaired) electrons. The standard InChI is InChI=1S/C13H23NO4/c1-4-9(2)11(12(16)17)14-10(15)8-13(18-3)6-5-7-13/h9,11H,4-8H2,1-3H3,(H,14,15)(H,16,17)/t9-,11-/m0/s1. The Hall–Kier alpha value is -1.10. The third-order valence-electron chi connectivity index (χ3n) is 3.98. The van der Waals surface area contributed by atoms with Crippen molar-refractivity contribution in [2.45, 2.75) is 57.6 Å². The van der Waals surface area contributed by atoms with Crippen molar-refractivity contribution in [3.8, 4) is 0 Å². The second-order valence-electron chi connectivity index (χ2n) is 5.19. The molecule has 104 valence electrons. The van der Waals surface area contributed by atoms with Gasteiger partial charge < -0.3 is 15.2 Å². The van der Waals surface area contributed by atoms with Gasteiger partial charge in [-0.15, -0.1) is 0 Å². The maximum absolute atomic E-state index is 11.9. The number of hydrogen-bond acceptors (Lipinski definition) is 3. The Balaban J connectivity index is 2.53. The summed E-state index contributed by atoms with van der Waals surface area (Å²) in [6.45, 7) is 3.74. The van der Waals surface area contributed by atoms with Crippen LogP contribution in [-0.2, 0) is 14.3 Å². The first-order valence-corrected chi connectivity index (χ1v) is 6.51. The predicted octanol–water partition coefficient (Wildman–Crippen LogP) is 1.56. The maximum atomic E-state index is 11.9. The lowest BCUT2D eigenvalue weighted by atomic mass is 9.77. The summed E-state index contributed by atoms with van der Waals surface area (Å²) in [6, 6.07) is -0.809. The van der Waals surface area contributed by atoms with Gasteiger partial charge in [0.1, 0.15) is 6.04 Å². The van der Waals surface area contributed by atoms with Gasteiger partial charge in [0.25, 0.3) is 0 Å². The molecule has 0 aromatic heterocycles. The fourth-order valence-electron chi connectivity index (χ4n) is 2.22. The van der Waals surface area contributed by atoms with Crippen LogP contribution in [0.4, 0.5) is 0 Å². The molecule has 1 amide bonds. The zero-order valence-corrected chi connectivity index (χ0v) is 11.4. The summed E-state index contributed by atoms with van der Waals surface area (Å²) in [5, 5.41) is 11.7. The van der Waals surface area contributed by atoms with Crippen LogP contribution in [0.2, 0.25) is 0 Å². The fraction of sp³-hybridized carbons (Fsp3) is 0.846. The van der Waals surface area contributed by atoms with Gasteiger partial charge in [-0.3, -0.25) is 4.79 Å². The van der Waals surface area contributed by atoms with Crippen LogP contribution in [0.25, 0.3) is 0 Å². The van der Waals surface area contributed by atoms with E-state index in [1.165, 1.54) is 0 Å². The number of carboxylic acids is 1. The Morgan fingerprint density at radius 3 is 2.39 bits per heavy atom. The van der Waals surface area contributed by atoms with E-state index in [9.17, 15) is 9.59 Å². The van der Waals surface area contributed by atoms with Gasteiger partial charge in [0.05, 0.1) is 12.0 Å². The van der Waals surface area contributed by atoms with Crippen LogP contribution in [0.5, 0.6) is 0 Å². The highest BCUT2D eigenvalue weighted by Gasteiger charge is 2.39. The monoisotopic (exact) mass is 257 g/mol. The highest BCUT2D eigenvalue weighted by atomic mass is 16.5. The van der Waals surface area contributed by atoms with E-state index in [1.54, 1.807) is 7.11 Å². The minimum atomic E-state index is -0.974. The topological polar surface area (TPSA) is 75.6 Å². The van der Waals surface area contributed by atoms with Gasteiger partial charge in [-0.05, 0) is 25.2 Å². The molecule has 2 N–H and O–H groups in total. The van der Waals surface area contributed by atoms with Crippen molar-refractivity contribution >= 4 is 11.9 Å². The Morgan fingerprint density at radius 2 is 2.06 bits per heavy atom. The summed E-state index contributed by atoms with van der Waals surface area (Å²) in [5.41, 5.74) is -0.359. The van der Waals surface area contributed by atoms with Crippen molar-refractivity contribution in [1.29, 1.82) is 0 Å². The van der Waals surface area contributed by atoms with Crippen LogP contribution in [0.3, 0.4) is 0 Å². The van der Waals surface area contributed by atoms with E-state index >= 15 is 0 Å². The molecule has 0 aromatic carbocycles. The zero-order valence-electron chi connectivity index (χ0n) is 11.4. The molecular formula is C13H23NO4. The number of methoxy groups -OCH3 is 1. The number of hydrogen-bond donors (Lipinski definition) is 2. The Kier molecular flexibility index (Phi) is 5.14. The average Bonchev–Trinajstić information content (AvgIpc) is 2.29. The molecule has 0 spiro atoms. The molecular weight excluding hydrogens is 234 g/mol. The summed E-state index contributed by atoms with van der Waals surface area (Å²) in [7, 11) is 1.61. The second-order valence-corrected chi connectivity index (χ2v) is 5.19. The molecule has 1 aliphatic carbocycles. The van der Waals surface area contributed by atoms with E-state index in [1.807, 2.05) is 13.8 Å². The lowest BCUT2D eigenvalue weighted by Crippen LogP contribution is -2.49. The summed E-state index contributed by atoms with van der Waals surface area (Å²) in [6.07, 6.45) is 3.78. The van der Waals surface area contributed by atoms with E-state index < -0.39 is 12.0 Å². The number of carbonyl (C=O) groups excluding carboxylic acids is 1. The number of ether oxygens (including phenoxy) is 1. The summed E-state index contributed by atoms with van der Waals surface area (Å²) in [4.78, 5) is 23.0. The third kappa shape index (κ3) is 3.45.